The predicted molar refractivity (Wildman–Crippen MR) is 108 cm³/mol. The first-order valence-electron chi connectivity index (χ1n) is 9.51. The van der Waals surface area contributed by atoms with E-state index >= 15 is 0 Å². The summed E-state index contributed by atoms with van der Waals surface area (Å²) in [6, 6.07) is 14.8. The average molecular weight is 394 g/mol. The second-order valence-electron chi connectivity index (χ2n) is 6.80. The zero-order valence-electron chi connectivity index (χ0n) is 15.9. The number of esters is 1. The normalized spacial score (nSPS) is 15.1. The van der Waals surface area contributed by atoms with Crippen molar-refractivity contribution in [2.24, 2.45) is 0 Å². The van der Waals surface area contributed by atoms with Gasteiger partial charge in [0.2, 0.25) is 6.10 Å². The van der Waals surface area contributed by atoms with Crippen LogP contribution in [0.5, 0.6) is 0 Å². The molecule has 150 valence electrons. The summed E-state index contributed by atoms with van der Waals surface area (Å²) in [6.45, 7) is 1.31. The number of non-ortho nitro benzene ring substituents is 1. The quantitative estimate of drug-likeness (QED) is 0.321. The van der Waals surface area contributed by atoms with Gasteiger partial charge in [0.05, 0.1) is 4.92 Å². The van der Waals surface area contributed by atoms with Gasteiger partial charge in [-0.3, -0.25) is 14.9 Å². The van der Waals surface area contributed by atoms with E-state index in [9.17, 15) is 19.7 Å². The Bertz CT molecular complexity index is 904. The minimum atomic E-state index is -1.02. The van der Waals surface area contributed by atoms with Crippen LogP contribution in [0.3, 0.4) is 0 Å². The molecule has 0 radical (unpaired) electrons. The lowest BCUT2D eigenvalue weighted by Gasteiger charge is -2.30. The summed E-state index contributed by atoms with van der Waals surface area (Å²) >= 11 is 0. The first-order valence-corrected chi connectivity index (χ1v) is 9.51. The van der Waals surface area contributed by atoms with Gasteiger partial charge in [0.25, 0.3) is 11.6 Å². The molecular formula is C22H22N2O5. The summed E-state index contributed by atoms with van der Waals surface area (Å²) in [4.78, 5) is 37.5. The number of rotatable bonds is 6. The molecule has 0 saturated carbocycles. The molecule has 1 aliphatic rings. The van der Waals surface area contributed by atoms with E-state index in [2.05, 4.69) is 0 Å². The van der Waals surface area contributed by atoms with Crippen molar-refractivity contribution in [2.45, 2.75) is 25.4 Å². The van der Waals surface area contributed by atoms with Crippen molar-refractivity contribution in [3.8, 4) is 0 Å². The van der Waals surface area contributed by atoms with Crippen molar-refractivity contribution in [1.29, 1.82) is 0 Å². The summed E-state index contributed by atoms with van der Waals surface area (Å²) in [5.74, 6) is -0.913. The average Bonchev–Trinajstić information content (AvgIpc) is 2.77. The maximum absolute atomic E-state index is 13.0. The second kappa shape index (κ2) is 9.64. The van der Waals surface area contributed by atoms with Crippen molar-refractivity contribution < 1.29 is 19.2 Å². The van der Waals surface area contributed by atoms with Gasteiger partial charge < -0.3 is 9.64 Å². The van der Waals surface area contributed by atoms with Crippen LogP contribution >= 0.6 is 0 Å². The Hall–Kier alpha value is -3.48. The largest absolute Gasteiger partial charge is 0.444 e. The molecule has 1 fully saturated rings. The van der Waals surface area contributed by atoms with Crippen LogP contribution in [0.4, 0.5) is 5.69 Å². The van der Waals surface area contributed by atoms with E-state index < -0.39 is 17.0 Å². The van der Waals surface area contributed by atoms with Gasteiger partial charge in [-0.05, 0) is 30.9 Å². The Morgan fingerprint density at radius 2 is 1.76 bits per heavy atom. The van der Waals surface area contributed by atoms with Gasteiger partial charge in [0, 0.05) is 36.9 Å². The minimum Gasteiger partial charge on any atom is -0.444 e. The molecule has 2 aromatic rings. The highest BCUT2D eigenvalue weighted by molar-refractivity contribution is 5.91. The molecule has 1 aliphatic heterocycles. The van der Waals surface area contributed by atoms with Crippen LogP contribution in [0.25, 0.3) is 6.08 Å². The maximum atomic E-state index is 13.0. The van der Waals surface area contributed by atoms with Crippen LogP contribution in [0.2, 0.25) is 0 Å². The molecule has 0 N–H and O–H groups in total. The SMILES string of the molecule is O=C(/C=C/c1cccc([N+](=O)[O-])c1)O[C@@H](C(=O)N1CCCCC1)c1ccccc1. The topological polar surface area (TPSA) is 89.7 Å². The van der Waals surface area contributed by atoms with E-state index in [0.29, 0.717) is 24.2 Å². The maximum Gasteiger partial charge on any atom is 0.331 e. The van der Waals surface area contributed by atoms with Gasteiger partial charge in [0.1, 0.15) is 0 Å². The molecule has 0 aliphatic carbocycles. The lowest BCUT2D eigenvalue weighted by Crippen LogP contribution is -2.40. The number of hydrogen-bond acceptors (Lipinski definition) is 5. The van der Waals surface area contributed by atoms with E-state index in [1.54, 1.807) is 35.2 Å². The first-order chi connectivity index (χ1) is 14.0. The lowest BCUT2D eigenvalue weighted by molar-refractivity contribution is -0.384. The van der Waals surface area contributed by atoms with Crippen LogP contribution in [0, 0.1) is 10.1 Å². The molecule has 1 amide bonds. The van der Waals surface area contributed by atoms with Gasteiger partial charge in [0.15, 0.2) is 0 Å². The van der Waals surface area contributed by atoms with Gasteiger partial charge in [-0.2, -0.15) is 0 Å². The number of likely N-dealkylation sites (tertiary alicyclic amines) is 1. The Morgan fingerprint density at radius 1 is 1.03 bits per heavy atom. The molecule has 1 atom stereocenters. The monoisotopic (exact) mass is 394 g/mol. The highest BCUT2D eigenvalue weighted by Gasteiger charge is 2.29. The molecule has 1 saturated heterocycles. The fraction of sp³-hybridized carbons (Fsp3) is 0.273. The molecule has 7 heteroatoms. The summed E-state index contributed by atoms with van der Waals surface area (Å²) in [5, 5.41) is 10.9. The zero-order valence-corrected chi connectivity index (χ0v) is 15.9. The first kappa shape index (κ1) is 20.3. The highest BCUT2D eigenvalue weighted by atomic mass is 16.6. The summed E-state index contributed by atoms with van der Waals surface area (Å²) in [6.07, 6.45) is 4.56. The van der Waals surface area contributed by atoms with E-state index in [0.717, 1.165) is 19.3 Å². The van der Waals surface area contributed by atoms with Crippen LogP contribution in [-0.2, 0) is 14.3 Å². The molecule has 29 heavy (non-hydrogen) atoms. The van der Waals surface area contributed by atoms with Gasteiger partial charge in [-0.15, -0.1) is 0 Å². The number of hydrogen-bond donors (Lipinski definition) is 0. The molecule has 2 aromatic carbocycles. The van der Waals surface area contributed by atoms with Gasteiger partial charge in [-0.25, -0.2) is 4.79 Å². The third kappa shape index (κ3) is 5.51. The highest BCUT2D eigenvalue weighted by Crippen LogP contribution is 2.23. The molecule has 0 unspecified atom stereocenters. The molecule has 7 nitrogen and oxygen atoms in total. The van der Waals surface area contributed by atoms with Crippen molar-refractivity contribution in [2.75, 3.05) is 13.1 Å². The third-order valence-corrected chi connectivity index (χ3v) is 4.72. The molecule has 1 heterocycles. The zero-order chi connectivity index (χ0) is 20.6. The number of nitrogens with zero attached hydrogens (tertiary/aromatic N) is 2. The molecular weight excluding hydrogens is 372 g/mol. The Kier molecular flexibility index (Phi) is 6.73. The fourth-order valence-corrected chi connectivity index (χ4v) is 3.23. The van der Waals surface area contributed by atoms with E-state index in [-0.39, 0.29) is 11.6 Å². The smallest absolute Gasteiger partial charge is 0.331 e. The van der Waals surface area contributed by atoms with E-state index in [1.807, 2.05) is 6.07 Å². The summed E-state index contributed by atoms with van der Waals surface area (Å²) in [7, 11) is 0. The summed E-state index contributed by atoms with van der Waals surface area (Å²) < 4.78 is 5.50. The number of amides is 1. The third-order valence-electron chi connectivity index (χ3n) is 4.72. The Morgan fingerprint density at radius 3 is 2.45 bits per heavy atom. The number of nitro benzene ring substituents is 1. The molecule has 0 spiro atoms. The van der Waals surface area contributed by atoms with E-state index in [1.165, 1.54) is 30.4 Å². The number of nitro groups is 1. The van der Waals surface area contributed by atoms with Crippen molar-refractivity contribution in [3.63, 3.8) is 0 Å². The van der Waals surface area contributed by atoms with Crippen molar-refractivity contribution in [3.05, 3.63) is 81.9 Å². The molecule has 0 aromatic heterocycles. The minimum absolute atomic E-state index is 0.0667. The Labute approximate surface area is 168 Å². The number of piperidine rings is 1. The van der Waals surface area contributed by atoms with Crippen molar-refractivity contribution >= 4 is 23.6 Å². The van der Waals surface area contributed by atoms with Crippen LogP contribution < -0.4 is 0 Å². The van der Waals surface area contributed by atoms with Crippen LogP contribution in [0.1, 0.15) is 36.5 Å². The number of carbonyl (C=O) groups is 2. The predicted octanol–water partition coefficient (Wildman–Crippen LogP) is 3.91. The number of carbonyl (C=O) groups excluding carboxylic acids is 2. The van der Waals surface area contributed by atoms with Crippen LogP contribution in [-0.4, -0.2) is 34.8 Å². The summed E-state index contributed by atoms with van der Waals surface area (Å²) in [5.41, 5.74) is 1.04. The number of ether oxygens (including phenoxy) is 1. The second-order valence-corrected chi connectivity index (χ2v) is 6.80. The standard InChI is InChI=1S/C22H22N2O5/c25-20(13-12-17-8-7-11-19(16-17)24(27)28)29-21(18-9-3-1-4-10-18)22(26)23-14-5-2-6-15-23/h1,3-4,7-13,16,21H,2,5-6,14-15H2/b13-12+/t21-/m1/s1. The number of benzene rings is 2. The van der Waals surface area contributed by atoms with Gasteiger partial charge in [-0.1, -0.05) is 42.5 Å². The van der Waals surface area contributed by atoms with Crippen LogP contribution in [0.15, 0.2) is 60.7 Å². The Balaban J connectivity index is 1.75. The molecule has 3 rings (SSSR count). The van der Waals surface area contributed by atoms with Crippen molar-refractivity contribution in [1.82, 2.24) is 4.90 Å². The van der Waals surface area contributed by atoms with E-state index in [4.69, 9.17) is 4.74 Å². The molecule has 0 bridgehead atoms. The van der Waals surface area contributed by atoms with Gasteiger partial charge >= 0.3 is 5.97 Å². The fourth-order valence-electron chi connectivity index (χ4n) is 3.23. The lowest BCUT2D eigenvalue weighted by atomic mass is 10.1.